The molecule has 5 rings (SSSR count). The van der Waals surface area contributed by atoms with Gasteiger partial charge >= 0.3 is 0 Å². The molecule has 3 heterocycles. The third-order valence-electron chi connectivity index (χ3n) is 5.28. The molecule has 0 unspecified atom stereocenters. The summed E-state index contributed by atoms with van der Waals surface area (Å²) in [6, 6.07) is 14.0. The van der Waals surface area contributed by atoms with Crippen molar-refractivity contribution < 1.29 is 14.9 Å². The van der Waals surface area contributed by atoms with E-state index in [2.05, 4.69) is 26.8 Å². The highest BCUT2D eigenvalue weighted by Crippen LogP contribution is 2.32. The van der Waals surface area contributed by atoms with Gasteiger partial charge in [-0.15, -0.1) is 0 Å². The van der Waals surface area contributed by atoms with Crippen molar-refractivity contribution in [3.63, 3.8) is 0 Å². The Morgan fingerprint density at radius 2 is 1.97 bits per heavy atom. The van der Waals surface area contributed by atoms with Crippen LogP contribution in [0.1, 0.15) is 24.0 Å². The standard InChI is InChI=1S/C22H19N5O3/c23-21-20-22(25-12-24-21)27(19-10-16(29)17(11-28)30-19)18(26-20)9-8-14-6-3-5-13-4-1-2-7-15(13)14/h1-7,12,16-17,19,28-29H,10-11H2,(H2,23,24,25)/t16-,17+,19+/m0/s1. The maximum atomic E-state index is 10.2. The molecule has 0 aliphatic carbocycles. The van der Waals surface area contributed by atoms with Gasteiger partial charge < -0.3 is 20.7 Å². The number of aromatic nitrogens is 4. The summed E-state index contributed by atoms with van der Waals surface area (Å²) in [4.78, 5) is 12.9. The first-order valence-electron chi connectivity index (χ1n) is 9.58. The molecule has 1 aliphatic heterocycles. The van der Waals surface area contributed by atoms with E-state index in [9.17, 15) is 10.2 Å². The number of hydrogen-bond acceptors (Lipinski definition) is 7. The summed E-state index contributed by atoms with van der Waals surface area (Å²) in [5.41, 5.74) is 7.76. The number of rotatable bonds is 2. The summed E-state index contributed by atoms with van der Waals surface area (Å²) in [6.07, 6.45) is -0.412. The molecule has 150 valence electrons. The summed E-state index contributed by atoms with van der Waals surface area (Å²) < 4.78 is 7.54. The van der Waals surface area contributed by atoms with Crippen molar-refractivity contribution >= 4 is 27.8 Å². The maximum absolute atomic E-state index is 10.2. The number of fused-ring (bicyclic) bond motifs is 2. The number of imidazole rings is 1. The van der Waals surface area contributed by atoms with Crippen LogP contribution in [0, 0.1) is 11.8 Å². The van der Waals surface area contributed by atoms with Crippen LogP contribution in [0.15, 0.2) is 48.8 Å². The molecule has 0 amide bonds. The Morgan fingerprint density at radius 1 is 1.13 bits per heavy atom. The van der Waals surface area contributed by atoms with E-state index in [1.165, 1.54) is 6.33 Å². The minimum Gasteiger partial charge on any atom is -0.394 e. The van der Waals surface area contributed by atoms with Gasteiger partial charge in [-0.05, 0) is 22.8 Å². The lowest BCUT2D eigenvalue weighted by Gasteiger charge is -2.14. The third-order valence-corrected chi connectivity index (χ3v) is 5.28. The number of aliphatic hydroxyl groups excluding tert-OH is 2. The molecule has 2 aromatic heterocycles. The Kier molecular flexibility index (Phi) is 4.56. The Morgan fingerprint density at radius 3 is 2.80 bits per heavy atom. The molecular formula is C22H19N5O3. The monoisotopic (exact) mass is 401 g/mol. The highest BCUT2D eigenvalue weighted by Gasteiger charge is 2.36. The first kappa shape index (κ1) is 18.5. The lowest BCUT2D eigenvalue weighted by molar-refractivity contribution is -0.0434. The van der Waals surface area contributed by atoms with E-state index in [4.69, 9.17) is 10.5 Å². The molecule has 1 saturated heterocycles. The van der Waals surface area contributed by atoms with Gasteiger partial charge in [-0.2, -0.15) is 0 Å². The number of ether oxygens (including phenoxy) is 1. The number of anilines is 1. The summed E-state index contributed by atoms with van der Waals surface area (Å²) in [5.74, 6) is 6.96. The molecule has 0 radical (unpaired) electrons. The fourth-order valence-electron chi connectivity index (χ4n) is 3.78. The van der Waals surface area contributed by atoms with Gasteiger partial charge in [-0.3, -0.25) is 4.57 Å². The van der Waals surface area contributed by atoms with Crippen molar-refractivity contribution in [1.82, 2.24) is 19.5 Å². The van der Waals surface area contributed by atoms with Crippen molar-refractivity contribution in [2.75, 3.05) is 12.3 Å². The van der Waals surface area contributed by atoms with Gasteiger partial charge in [0.1, 0.15) is 18.7 Å². The quantitative estimate of drug-likeness (QED) is 0.437. The van der Waals surface area contributed by atoms with Crippen LogP contribution in [0.3, 0.4) is 0 Å². The van der Waals surface area contributed by atoms with Crippen LogP contribution >= 0.6 is 0 Å². The number of nitrogens with two attached hydrogens (primary N) is 1. The molecule has 0 bridgehead atoms. The Hall–Kier alpha value is -3.51. The van der Waals surface area contributed by atoms with E-state index in [-0.39, 0.29) is 18.8 Å². The lowest BCUT2D eigenvalue weighted by Crippen LogP contribution is -2.24. The van der Waals surface area contributed by atoms with Crippen LogP contribution < -0.4 is 5.73 Å². The summed E-state index contributed by atoms with van der Waals surface area (Å²) in [6.45, 7) is -0.279. The molecule has 4 N–H and O–H groups in total. The minimum atomic E-state index is -0.796. The zero-order chi connectivity index (χ0) is 20.7. The highest BCUT2D eigenvalue weighted by atomic mass is 16.5. The summed E-state index contributed by atoms with van der Waals surface area (Å²) >= 11 is 0. The Bertz CT molecular complexity index is 1300. The molecule has 3 atom stereocenters. The number of hydrogen-bond donors (Lipinski definition) is 3. The fraction of sp³-hybridized carbons (Fsp3) is 0.227. The van der Waals surface area contributed by atoms with Crippen molar-refractivity contribution in [3.8, 4) is 11.8 Å². The van der Waals surface area contributed by atoms with Crippen LogP contribution in [0.25, 0.3) is 21.9 Å². The van der Waals surface area contributed by atoms with Crippen molar-refractivity contribution in [1.29, 1.82) is 0 Å². The van der Waals surface area contributed by atoms with Crippen molar-refractivity contribution in [3.05, 3.63) is 60.2 Å². The minimum absolute atomic E-state index is 0.240. The van der Waals surface area contributed by atoms with E-state index in [0.717, 1.165) is 16.3 Å². The van der Waals surface area contributed by atoms with E-state index in [1.54, 1.807) is 4.57 Å². The second-order valence-corrected chi connectivity index (χ2v) is 7.13. The summed E-state index contributed by atoms with van der Waals surface area (Å²) in [5, 5.41) is 21.8. The van der Waals surface area contributed by atoms with Gasteiger partial charge in [0.15, 0.2) is 22.8 Å². The smallest absolute Gasteiger partial charge is 0.190 e. The van der Waals surface area contributed by atoms with E-state index < -0.39 is 18.4 Å². The molecule has 1 aliphatic rings. The molecule has 8 nitrogen and oxygen atoms in total. The third kappa shape index (κ3) is 3.06. The molecule has 0 saturated carbocycles. The first-order chi connectivity index (χ1) is 14.7. The lowest BCUT2D eigenvalue weighted by atomic mass is 10.1. The van der Waals surface area contributed by atoms with Crippen molar-refractivity contribution in [2.24, 2.45) is 0 Å². The topological polar surface area (TPSA) is 119 Å². The van der Waals surface area contributed by atoms with Crippen molar-refractivity contribution in [2.45, 2.75) is 24.9 Å². The zero-order valence-corrected chi connectivity index (χ0v) is 15.9. The van der Waals surface area contributed by atoms with E-state index in [0.29, 0.717) is 17.0 Å². The van der Waals surface area contributed by atoms with Gasteiger partial charge in [0.05, 0.1) is 12.7 Å². The highest BCUT2D eigenvalue weighted by molar-refractivity contribution is 5.88. The molecule has 2 aromatic carbocycles. The van der Waals surface area contributed by atoms with Gasteiger partial charge in [-0.25, -0.2) is 15.0 Å². The SMILES string of the molecule is Nc1ncnc2c1nc(C#Cc1cccc3ccccc13)n2[C@H]1C[C@H](O)[C@@H](CO)O1. The number of nitrogens with zero attached hydrogens (tertiary/aromatic N) is 4. The van der Waals surface area contributed by atoms with Crippen LogP contribution in [0.5, 0.6) is 0 Å². The number of nitrogen functional groups attached to an aromatic ring is 1. The Balaban J connectivity index is 1.65. The van der Waals surface area contributed by atoms with E-state index >= 15 is 0 Å². The van der Waals surface area contributed by atoms with Gasteiger partial charge in [0.25, 0.3) is 0 Å². The second-order valence-electron chi connectivity index (χ2n) is 7.13. The average molecular weight is 401 g/mol. The normalized spacial score (nSPS) is 21.1. The summed E-state index contributed by atoms with van der Waals surface area (Å²) in [7, 11) is 0. The zero-order valence-electron chi connectivity index (χ0n) is 15.9. The van der Waals surface area contributed by atoms with Gasteiger partial charge in [0.2, 0.25) is 0 Å². The van der Waals surface area contributed by atoms with Crippen LogP contribution in [0.4, 0.5) is 5.82 Å². The molecule has 30 heavy (non-hydrogen) atoms. The molecular weight excluding hydrogens is 382 g/mol. The Labute approximate surface area is 172 Å². The number of aliphatic hydroxyl groups is 2. The molecule has 8 heteroatoms. The largest absolute Gasteiger partial charge is 0.394 e. The first-order valence-corrected chi connectivity index (χ1v) is 9.58. The van der Waals surface area contributed by atoms with Crippen LogP contribution in [0.2, 0.25) is 0 Å². The fourth-order valence-corrected chi connectivity index (χ4v) is 3.78. The molecule has 1 fully saturated rings. The van der Waals surface area contributed by atoms with Gasteiger partial charge in [0, 0.05) is 12.0 Å². The molecule has 4 aromatic rings. The maximum Gasteiger partial charge on any atom is 0.190 e. The molecule has 0 spiro atoms. The van der Waals surface area contributed by atoms with Gasteiger partial charge in [-0.1, -0.05) is 42.3 Å². The predicted octanol–water partition coefficient (Wildman–Crippen LogP) is 1.60. The van der Waals surface area contributed by atoms with Crippen LogP contribution in [-0.2, 0) is 4.74 Å². The number of benzene rings is 2. The second kappa shape index (κ2) is 7.39. The average Bonchev–Trinajstić information content (AvgIpc) is 3.32. The predicted molar refractivity (Wildman–Crippen MR) is 111 cm³/mol. The van der Waals surface area contributed by atoms with E-state index in [1.807, 2.05) is 42.5 Å². The van der Waals surface area contributed by atoms with Crippen LogP contribution in [-0.4, -0.2) is 48.5 Å².